The van der Waals surface area contributed by atoms with Gasteiger partial charge >= 0.3 is 12.4 Å². The van der Waals surface area contributed by atoms with Crippen molar-refractivity contribution >= 4 is 21.7 Å². The number of Topliss-reactive ketones (excluding diaryl/α,β-unsaturated/α-hetero) is 1. The molecule has 156 valence electrons. The van der Waals surface area contributed by atoms with Gasteiger partial charge in [-0.25, -0.2) is 0 Å². The summed E-state index contributed by atoms with van der Waals surface area (Å²) in [6.45, 7) is -0.999. The summed E-state index contributed by atoms with van der Waals surface area (Å²) in [6.07, 6.45) is -10.8. The Morgan fingerprint density at radius 3 is 1.86 bits per heavy atom. The van der Waals surface area contributed by atoms with Crippen molar-refractivity contribution in [2.75, 3.05) is 6.54 Å². The maximum absolute atomic E-state index is 13.1. The van der Waals surface area contributed by atoms with Crippen LogP contribution in [0.15, 0.2) is 46.9 Å². The van der Waals surface area contributed by atoms with Crippen LogP contribution in [0.4, 0.5) is 26.3 Å². The SMILES string of the molecule is O=C(CC(C[N+](=O)[O-])c1cc(C(F)(F)F)cc(C(F)(F)F)c1)c1ccc(Br)cc1. The lowest BCUT2D eigenvalue weighted by molar-refractivity contribution is -0.483. The predicted octanol–water partition coefficient (Wildman–Crippen LogP) is 6.12. The molecule has 0 amide bonds. The Hall–Kier alpha value is -2.43. The Labute approximate surface area is 168 Å². The van der Waals surface area contributed by atoms with Crippen LogP contribution in [0.1, 0.15) is 39.4 Å². The van der Waals surface area contributed by atoms with E-state index in [1.54, 1.807) is 0 Å². The molecule has 0 aliphatic rings. The van der Waals surface area contributed by atoms with E-state index in [0.29, 0.717) is 16.6 Å². The Morgan fingerprint density at radius 2 is 1.45 bits per heavy atom. The maximum Gasteiger partial charge on any atom is 0.416 e. The number of ketones is 1. The molecule has 1 atom stereocenters. The highest BCUT2D eigenvalue weighted by atomic mass is 79.9. The van der Waals surface area contributed by atoms with Crippen LogP contribution in [0.5, 0.6) is 0 Å². The molecule has 0 fully saturated rings. The van der Waals surface area contributed by atoms with E-state index in [2.05, 4.69) is 15.9 Å². The van der Waals surface area contributed by atoms with E-state index in [9.17, 15) is 41.3 Å². The number of benzene rings is 2. The molecule has 0 N–H and O–H groups in total. The second-order valence-corrected chi connectivity index (χ2v) is 7.10. The molecule has 11 heteroatoms. The van der Waals surface area contributed by atoms with Crippen LogP contribution in [-0.2, 0) is 12.4 Å². The third kappa shape index (κ3) is 6.28. The van der Waals surface area contributed by atoms with E-state index in [1.165, 1.54) is 24.3 Å². The van der Waals surface area contributed by atoms with Crippen molar-refractivity contribution < 1.29 is 36.1 Å². The molecule has 29 heavy (non-hydrogen) atoms. The monoisotopic (exact) mass is 483 g/mol. The van der Waals surface area contributed by atoms with Gasteiger partial charge in [-0.15, -0.1) is 0 Å². The molecule has 0 bridgehead atoms. The van der Waals surface area contributed by atoms with Gasteiger partial charge in [-0.2, -0.15) is 26.3 Å². The molecular weight excluding hydrogens is 472 g/mol. The molecule has 0 aliphatic carbocycles. The van der Waals surface area contributed by atoms with E-state index in [0.717, 1.165) is 0 Å². The summed E-state index contributed by atoms with van der Waals surface area (Å²) >= 11 is 3.15. The summed E-state index contributed by atoms with van der Waals surface area (Å²) in [4.78, 5) is 22.5. The fourth-order valence-corrected chi connectivity index (χ4v) is 2.92. The zero-order valence-electron chi connectivity index (χ0n) is 14.4. The minimum atomic E-state index is -5.09. The van der Waals surface area contributed by atoms with Gasteiger partial charge in [0.2, 0.25) is 6.54 Å². The summed E-state index contributed by atoms with van der Waals surface area (Å²) in [5, 5.41) is 11.0. The molecule has 4 nitrogen and oxygen atoms in total. The van der Waals surface area contributed by atoms with Crippen LogP contribution in [-0.4, -0.2) is 17.3 Å². The molecule has 2 aromatic rings. The summed E-state index contributed by atoms with van der Waals surface area (Å²) in [6, 6.07) is 6.58. The molecule has 0 aromatic heterocycles. The van der Waals surface area contributed by atoms with Gasteiger partial charge in [0, 0.05) is 21.4 Å². The van der Waals surface area contributed by atoms with Crippen LogP contribution in [0.25, 0.3) is 0 Å². The van der Waals surface area contributed by atoms with E-state index in [1.807, 2.05) is 0 Å². The lowest BCUT2D eigenvalue weighted by Crippen LogP contribution is -2.19. The van der Waals surface area contributed by atoms with Crippen molar-refractivity contribution in [3.8, 4) is 0 Å². The molecule has 0 heterocycles. The van der Waals surface area contributed by atoms with E-state index in [-0.39, 0.29) is 11.6 Å². The normalized spacial score (nSPS) is 13.2. The summed E-state index contributed by atoms with van der Waals surface area (Å²) < 4.78 is 79.0. The van der Waals surface area contributed by atoms with E-state index < -0.39 is 58.6 Å². The van der Waals surface area contributed by atoms with Crippen molar-refractivity contribution in [2.24, 2.45) is 0 Å². The number of hydrogen-bond donors (Lipinski definition) is 0. The minimum Gasteiger partial charge on any atom is -0.294 e. The number of carbonyl (C=O) groups excluding carboxylic acids is 1. The van der Waals surface area contributed by atoms with Crippen molar-refractivity contribution in [2.45, 2.75) is 24.7 Å². The number of hydrogen-bond acceptors (Lipinski definition) is 3. The van der Waals surface area contributed by atoms with E-state index in [4.69, 9.17) is 0 Å². The quantitative estimate of drug-likeness (QED) is 0.215. The predicted molar refractivity (Wildman–Crippen MR) is 94.1 cm³/mol. The summed E-state index contributed by atoms with van der Waals surface area (Å²) in [5.74, 6) is -2.11. The Morgan fingerprint density at radius 1 is 0.966 bits per heavy atom. The number of halogens is 7. The molecular formula is C18H12BrF6NO3. The average molecular weight is 484 g/mol. The van der Waals surface area contributed by atoms with Gasteiger partial charge in [-0.05, 0) is 35.9 Å². The van der Waals surface area contributed by atoms with Gasteiger partial charge in [-0.3, -0.25) is 14.9 Å². The maximum atomic E-state index is 13.1. The van der Waals surface area contributed by atoms with Gasteiger partial charge in [0.25, 0.3) is 0 Å². The standard InChI is InChI=1S/C18H12BrF6NO3/c19-15-3-1-10(2-4-15)16(27)7-12(9-26(28)29)11-5-13(17(20,21)22)8-14(6-11)18(23,24)25/h1-6,8,12H,7,9H2. The number of nitro groups is 1. The second-order valence-electron chi connectivity index (χ2n) is 6.19. The fraction of sp³-hybridized carbons (Fsp3) is 0.278. The van der Waals surface area contributed by atoms with Crippen molar-refractivity contribution in [3.63, 3.8) is 0 Å². The molecule has 2 aromatic carbocycles. The first kappa shape index (κ1) is 22.9. The van der Waals surface area contributed by atoms with Gasteiger partial charge in [0.05, 0.1) is 17.0 Å². The fourth-order valence-electron chi connectivity index (χ4n) is 2.66. The van der Waals surface area contributed by atoms with Gasteiger partial charge in [0.15, 0.2) is 5.78 Å². The second kappa shape index (κ2) is 8.52. The molecule has 0 aliphatic heterocycles. The van der Waals surface area contributed by atoms with Gasteiger partial charge < -0.3 is 0 Å². The van der Waals surface area contributed by atoms with Crippen LogP contribution < -0.4 is 0 Å². The smallest absolute Gasteiger partial charge is 0.294 e. The Balaban J connectivity index is 2.49. The molecule has 0 saturated carbocycles. The largest absolute Gasteiger partial charge is 0.416 e. The van der Waals surface area contributed by atoms with E-state index >= 15 is 0 Å². The summed E-state index contributed by atoms with van der Waals surface area (Å²) in [5.41, 5.74) is -3.63. The topological polar surface area (TPSA) is 60.2 Å². The van der Waals surface area contributed by atoms with Crippen LogP contribution in [0.3, 0.4) is 0 Å². The van der Waals surface area contributed by atoms with Crippen molar-refractivity contribution in [1.82, 2.24) is 0 Å². The molecule has 2 rings (SSSR count). The van der Waals surface area contributed by atoms with Crippen molar-refractivity contribution in [3.05, 3.63) is 79.3 Å². The Bertz CT molecular complexity index is 877. The van der Waals surface area contributed by atoms with Crippen molar-refractivity contribution in [1.29, 1.82) is 0 Å². The van der Waals surface area contributed by atoms with Crippen LogP contribution in [0, 0.1) is 10.1 Å². The lowest BCUT2D eigenvalue weighted by Gasteiger charge is -2.18. The lowest BCUT2D eigenvalue weighted by atomic mass is 9.89. The third-order valence-electron chi connectivity index (χ3n) is 4.05. The summed E-state index contributed by atoms with van der Waals surface area (Å²) in [7, 11) is 0. The number of rotatable bonds is 6. The number of nitrogens with zero attached hydrogens (tertiary/aromatic N) is 1. The highest BCUT2D eigenvalue weighted by Crippen LogP contribution is 2.38. The number of alkyl halides is 6. The molecule has 1 unspecified atom stereocenters. The minimum absolute atomic E-state index is 0.0662. The van der Waals surface area contributed by atoms with Gasteiger partial charge in [-0.1, -0.05) is 28.1 Å². The first-order chi connectivity index (χ1) is 13.3. The number of carbonyl (C=O) groups is 1. The van der Waals surface area contributed by atoms with Crippen LogP contribution >= 0.6 is 15.9 Å². The van der Waals surface area contributed by atoms with Crippen LogP contribution in [0.2, 0.25) is 0 Å². The zero-order chi connectivity index (χ0) is 22.0. The molecule has 0 radical (unpaired) electrons. The molecule has 0 saturated heterocycles. The average Bonchev–Trinajstić information content (AvgIpc) is 2.59. The highest BCUT2D eigenvalue weighted by molar-refractivity contribution is 9.10. The highest BCUT2D eigenvalue weighted by Gasteiger charge is 2.38. The van der Waals surface area contributed by atoms with Gasteiger partial charge in [0.1, 0.15) is 0 Å². The first-order valence-electron chi connectivity index (χ1n) is 7.97. The zero-order valence-corrected chi connectivity index (χ0v) is 15.9. The Kier molecular flexibility index (Phi) is 6.71. The first-order valence-corrected chi connectivity index (χ1v) is 8.76. The third-order valence-corrected chi connectivity index (χ3v) is 4.58. The molecule has 0 spiro atoms.